The van der Waals surface area contributed by atoms with E-state index in [-0.39, 0.29) is 5.56 Å². The van der Waals surface area contributed by atoms with Gasteiger partial charge in [-0.15, -0.1) is 0 Å². The summed E-state index contributed by atoms with van der Waals surface area (Å²) < 4.78 is 26.0. The van der Waals surface area contributed by atoms with Crippen molar-refractivity contribution in [3.63, 3.8) is 0 Å². The third-order valence-corrected chi connectivity index (χ3v) is 5.91. The fourth-order valence-corrected chi connectivity index (χ4v) is 3.98. The molecule has 0 spiro atoms. The number of nitrogens with one attached hydrogen (secondary N) is 2. The van der Waals surface area contributed by atoms with Crippen LogP contribution in [0.2, 0.25) is 0 Å². The quantitative estimate of drug-likeness (QED) is 0.421. The summed E-state index contributed by atoms with van der Waals surface area (Å²) in [5, 5.41) is 5.49. The van der Waals surface area contributed by atoms with Gasteiger partial charge in [0.15, 0.2) is 6.29 Å². The molecule has 2 aromatic rings. The topological polar surface area (TPSA) is 79.9 Å². The number of morpholine rings is 1. The van der Waals surface area contributed by atoms with Gasteiger partial charge in [-0.25, -0.2) is 4.39 Å². The van der Waals surface area contributed by atoms with Crippen molar-refractivity contribution in [1.29, 1.82) is 0 Å². The van der Waals surface area contributed by atoms with Gasteiger partial charge in [-0.2, -0.15) is 0 Å². The molecule has 0 bridgehead atoms. The van der Waals surface area contributed by atoms with E-state index in [1.54, 1.807) is 6.07 Å². The summed E-state index contributed by atoms with van der Waals surface area (Å²) in [5.74, 6) is -0.427. The summed E-state index contributed by atoms with van der Waals surface area (Å²) in [6.45, 7) is 6.72. The number of rotatable bonds is 10. The van der Waals surface area contributed by atoms with E-state index in [9.17, 15) is 14.0 Å². The van der Waals surface area contributed by atoms with E-state index in [4.69, 9.17) is 9.47 Å². The smallest absolute Gasteiger partial charge is 0.253 e. The van der Waals surface area contributed by atoms with Crippen LogP contribution in [0.25, 0.3) is 0 Å². The maximum Gasteiger partial charge on any atom is 0.253 e. The van der Waals surface area contributed by atoms with Crippen LogP contribution in [0.5, 0.6) is 5.75 Å². The Bertz CT molecular complexity index is 990. The molecule has 1 fully saturated rings. The molecule has 0 unspecified atom stereocenters. The molecule has 3 rings (SSSR count). The minimum atomic E-state index is -0.569. The van der Waals surface area contributed by atoms with E-state index in [1.165, 1.54) is 19.2 Å². The number of hydrogen-bond donors (Lipinski definition) is 2. The molecule has 1 amide bonds. The Morgan fingerprint density at radius 2 is 2.00 bits per heavy atom. The first-order chi connectivity index (χ1) is 16.0. The van der Waals surface area contributed by atoms with Crippen LogP contribution in [-0.2, 0) is 17.7 Å². The molecule has 0 saturated carbocycles. The fourth-order valence-electron chi connectivity index (χ4n) is 3.98. The second-order valence-corrected chi connectivity index (χ2v) is 8.09. The van der Waals surface area contributed by atoms with Gasteiger partial charge in [-0.05, 0) is 55.3 Å². The highest BCUT2D eigenvalue weighted by molar-refractivity contribution is 5.94. The van der Waals surface area contributed by atoms with Gasteiger partial charge in [-0.1, -0.05) is 6.07 Å². The fraction of sp³-hybridized carbons (Fsp3) is 0.440. The summed E-state index contributed by atoms with van der Waals surface area (Å²) in [7, 11) is 3.32. The Balaban J connectivity index is 1.97. The second kappa shape index (κ2) is 11.9. The Labute approximate surface area is 194 Å². The lowest BCUT2D eigenvalue weighted by Gasteiger charge is -2.29. The average molecular weight is 458 g/mol. The van der Waals surface area contributed by atoms with E-state index < -0.39 is 11.7 Å². The predicted octanol–water partition coefficient (Wildman–Crippen LogP) is 2.33. The highest BCUT2D eigenvalue weighted by atomic mass is 19.1. The number of benzene rings is 2. The SMILES string of the molecule is CNCCOc1c(C=O)cc(Cc2ccc(C(=O)NC)c(F)c2)c(C)c1CN1CCOCC1. The Kier molecular flexibility index (Phi) is 8.94. The molecule has 0 aliphatic carbocycles. The van der Waals surface area contributed by atoms with Crippen molar-refractivity contribution in [1.82, 2.24) is 15.5 Å². The first-order valence-corrected chi connectivity index (χ1v) is 11.2. The summed E-state index contributed by atoms with van der Waals surface area (Å²) in [6.07, 6.45) is 1.25. The van der Waals surface area contributed by atoms with Crippen molar-refractivity contribution >= 4 is 12.2 Å². The summed E-state index contributed by atoms with van der Waals surface area (Å²) in [6, 6.07) is 6.43. The van der Waals surface area contributed by atoms with Crippen LogP contribution in [0.15, 0.2) is 24.3 Å². The average Bonchev–Trinajstić information content (AvgIpc) is 2.83. The zero-order valence-corrected chi connectivity index (χ0v) is 19.5. The minimum absolute atomic E-state index is 0.00726. The van der Waals surface area contributed by atoms with Crippen molar-refractivity contribution in [3.05, 3.63) is 63.5 Å². The van der Waals surface area contributed by atoms with Gasteiger partial charge in [0.25, 0.3) is 5.91 Å². The highest BCUT2D eigenvalue weighted by Gasteiger charge is 2.21. The van der Waals surface area contributed by atoms with Crippen molar-refractivity contribution in [2.75, 3.05) is 53.6 Å². The van der Waals surface area contributed by atoms with Crippen molar-refractivity contribution in [3.8, 4) is 5.75 Å². The van der Waals surface area contributed by atoms with Crippen LogP contribution in [0.4, 0.5) is 4.39 Å². The normalized spacial score (nSPS) is 14.2. The van der Waals surface area contributed by atoms with Crippen LogP contribution in [0, 0.1) is 12.7 Å². The second-order valence-electron chi connectivity index (χ2n) is 8.09. The molecular formula is C25H32FN3O4. The van der Waals surface area contributed by atoms with E-state index in [1.807, 2.05) is 20.0 Å². The van der Waals surface area contributed by atoms with Crippen LogP contribution < -0.4 is 15.4 Å². The van der Waals surface area contributed by atoms with Gasteiger partial charge >= 0.3 is 0 Å². The van der Waals surface area contributed by atoms with Crippen molar-refractivity contribution in [2.24, 2.45) is 0 Å². The number of amides is 1. The van der Waals surface area contributed by atoms with Crippen LogP contribution in [-0.4, -0.2) is 70.6 Å². The van der Waals surface area contributed by atoms with Gasteiger partial charge < -0.3 is 20.1 Å². The van der Waals surface area contributed by atoms with E-state index >= 15 is 0 Å². The number of nitrogens with zero attached hydrogens (tertiary/aromatic N) is 1. The highest BCUT2D eigenvalue weighted by Crippen LogP contribution is 2.32. The first-order valence-electron chi connectivity index (χ1n) is 11.2. The summed E-state index contributed by atoms with van der Waals surface area (Å²) in [5.41, 5.74) is 4.12. The molecule has 1 aliphatic heterocycles. The Morgan fingerprint density at radius 3 is 2.64 bits per heavy atom. The lowest BCUT2D eigenvalue weighted by atomic mass is 9.92. The standard InChI is InChI=1S/C25H32FN3O4/c1-17-19(12-18-4-5-21(23(26)13-18)25(31)28-3)14-20(16-30)24(33-9-6-27-2)22(17)15-29-7-10-32-11-8-29/h4-5,13-14,16,27H,6-12,15H2,1-3H3,(H,28,31). The van der Waals surface area contributed by atoms with Crippen LogP contribution in [0.1, 0.15) is 43.0 Å². The molecule has 178 valence electrons. The van der Waals surface area contributed by atoms with Crippen molar-refractivity contribution < 1.29 is 23.5 Å². The number of carbonyl (C=O) groups excluding carboxylic acids is 2. The molecular weight excluding hydrogens is 425 g/mol. The molecule has 8 heteroatoms. The zero-order chi connectivity index (χ0) is 23.8. The largest absolute Gasteiger partial charge is 0.491 e. The van der Waals surface area contributed by atoms with E-state index in [2.05, 4.69) is 15.5 Å². The van der Waals surface area contributed by atoms with E-state index in [0.29, 0.717) is 50.6 Å². The predicted molar refractivity (Wildman–Crippen MR) is 125 cm³/mol. The van der Waals surface area contributed by atoms with Gasteiger partial charge in [0.05, 0.1) is 24.3 Å². The molecule has 1 heterocycles. The van der Waals surface area contributed by atoms with E-state index in [0.717, 1.165) is 41.6 Å². The van der Waals surface area contributed by atoms with Gasteiger partial charge in [0.2, 0.25) is 0 Å². The van der Waals surface area contributed by atoms with Crippen molar-refractivity contribution in [2.45, 2.75) is 19.9 Å². The molecule has 33 heavy (non-hydrogen) atoms. The van der Waals surface area contributed by atoms with Crippen LogP contribution >= 0.6 is 0 Å². The third kappa shape index (κ3) is 6.16. The summed E-state index contributed by atoms with van der Waals surface area (Å²) in [4.78, 5) is 26.1. The number of hydrogen-bond acceptors (Lipinski definition) is 6. The number of carbonyl (C=O) groups is 2. The molecule has 7 nitrogen and oxygen atoms in total. The minimum Gasteiger partial charge on any atom is -0.491 e. The van der Waals surface area contributed by atoms with Gasteiger partial charge in [0.1, 0.15) is 18.2 Å². The first kappa shape index (κ1) is 24.8. The number of halogens is 1. The lowest BCUT2D eigenvalue weighted by Crippen LogP contribution is -2.36. The maximum absolute atomic E-state index is 14.5. The number of likely N-dealkylation sites (N-methyl/N-ethyl adjacent to an activating group) is 1. The number of ether oxygens (including phenoxy) is 2. The number of aldehydes is 1. The van der Waals surface area contributed by atoms with Crippen LogP contribution in [0.3, 0.4) is 0 Å². The van der Waals surface area contributed by atoms with Gasteiger partial charge in [0, 0.05) is 38.8 Å². The zero-order valence-electron chi connectivity index (χ0n) is 19.5. The molecule has 0 aromatic heterocycles. The molecule has 0 radical (unpaired) electrons. The van der Waals surface area contributed by atoms with Gasteiger partial charge in [-0.3, -0.25) is 14.5 Å². The Hall–Kier alpha value is -2.81. The monoisotopic (exact) mass is 457 g/mol. The molecule has 1 aliphatic rings. The molecule has 2 aromatic carbocycles. The third-order valence-electron chi connectivity index (χ3n) is 5.91. The Morgan fingerprint density at radius 1 is 1.24 bits per heavy atom. The maximum atomic E-state index is 14.5. The lowest BCUT2D eigenvalue weighted by molar-refractivity contribution is 0.0337. The summed E-state index contributed by atoms with van der Waals surface area (Å²) >= 11 is 0. The molecule has 2 N–H and O–H groups in total. The molecule has 0 atom stereocenters. The molecule has 1 saturated heterocycles.